The predicted octanol–water partition coefficient (Wildman–Crippen LogP) is 12.1. The van der Waals surface area contributed by atoms with E-state index in [0.29, 0.717) is 0 Å². The summed E-state index contributed by atoms with van der Waals surface area (Å²) < 4.78 is 0. The van der Waals surface area contributed by atoms with Crippen LogP contribution in [0.4, 0.5) is 0 Å². The second-order valence-electron chi connectivity index (χ2n) is 11.1. The van der Waals surface area contributed by atoms with E-state index in [2.05, 4.69) is 52.8 Å². The SMILES string of the molecule is C.CC.CC(C)(C)C=O.CCCC1C=CC(C2CCCC2)=C1.CCCCCCCC(CC)=C(C)C. The Kier molecular flexibility index (Phi) is 27.0. The van der Waals surface area contributed by atoms with Crippen molar-refractivity contribution < 1.29 is 4.79 Å². The Labute approximate surface area is 223 Å². The van der Waals surface area contributed by atoms with Gasteiger partial charge in [0, 0.05) is 5.41 Å². The second kappa shape index (κ2) is 24.6. The van der Waals surface area contributed by atoms with E-state index in [1.165, 1.54) is 89.0 Å². The lowest BCUT2D eigenvalue weighted by atomic mass is 9.97. The molecular formula is C34H66O. The van der Waals surface area contributed by atoms with Crippen LogP contribution >= 0.6 is 0 Å². The third kappa shape index (κ3) is 21.9. The molecule has 0 saturated heterocycles. The molecule has 0 heterocycles. The molecule has 0 aromatic rings. The fourth-order valence-corrected chi connectivity index (χ4v) is 4.36. The Hall–Kier alpha value is -1.11. The number of hydrogen-bond donors (Lipinski definition) is 0. The summed E-state index contributed by atoms with van der Waals surface area (Å²) in [5.74, 6) is 1.68. The summed E-state index contributed by atoms with van der Waals surface area (Å²) in [6, 6.07) is 0. The average Bonchev–Trinajstić information content (AvgIpc) is 3.50. The number of rotatable bonds is 10. The predicted molar refractivity (Wildman–Crippen MR) is 163 cm³/mol. The van der Waals surface area contributed by atoms with Gasteiger partial charge in [-0.15, -0.1) is 0 Å². The third-order valence-electron chi connectivity index (χ3n) is 6.46. The van der Waals surface area contributed by atoms with E-state index in [4.69, 9.17) is 0 Å². The first kappa shape index (κ1) is 38.4. The van der Waals surface area contributed by atoms with E-state index in [9.17, 15) is 4.79 Å². The van der Waals surface area contributed by atoms with Crippen LogP contribution in [0, 0.1) is 17.3 Å². The maximum atomic E-state index is 9.83. The molecule has 0 N–H and O–H groups in total. The summed E-state index contributed by atoms with van der Waals surface area (Å²) in [6.45, 7) is 20.9. The highest BCUT2D eigenvalue weighted by molar-refractivity contribution is 5.56. The summed E-state index contributed by atoms with van der Waals surface area (Å²) in [5, 5.41) is 0. The van der Waals surface area contributed by atoms with Crippen LogP contribution in [0.2, 0.25) is 0 Å². The van der Waals surface area contributed by atoms with Crippen LogP contribution in [0.15, 0.2) is 34.9 Å². The van der Waals surface area contributed by atoms with Gasteiger partial charge in [-0.3, -0.25) is 0 Å². The first-order valence-electron chi connectivity index (χ1n) is 14.7. The molecule has 0 aliphatic heterocycles. The molecule has 0 spiro atoms. The van der Waals surface area contributed by atoms with Gasteiger partial charge in [-0.1, -0.05) is 137 Å². The minimum absolute atomic E-state index is 0. The topological polar surface area (TPSA) is 17.1 Å². The summed E-state index contributed by atoms with van der Waals surface area (Å²) in [6.07, 6.45) is 26.3. The van der Waals surface area contributed by atoms with Crippen LogP contribution in [0.3, 0.4) is 0 Å². The normalized spacial score (nSPS) is 16.4. The fraction of sp³-hybridized carbons (Fsp3) is 0.794. The van der Waals surface area contributed by atoms with Crippen molar-refractivity contribution in [1.82, 2.24) is 0 Å². The van der Waals surface area contributed by atoms with Crippen molar-refractivity contribution in [2.24, 2.45) is 17.3 Å². The second-order valence-corrected chi connectivity index (χ2v) is 11.1. The average molecular weight is 491 g/mol. The van der Waals surface area contributed by atoms with Gasteiger partial charge in [0.1, 0.15) is 6.29 Å². The first-order chi connectivity index (χ1) is 16.2. The van der Waals surface area contributed by atoms with E-state index >= 15 is 0 Å². The molecule has 35 heavy (non-hydrogen) atoms. The van der Waals surface area contributed by atoms with Crippen molar-refractivity contribution in [3.8, 4) is 0 Å². The Morgan fingerprint density at radius 2 is 1.49 bits per heavy atom. The van der Waals surface area contributed by atoms with Gasteiger partial charge in [0.2, 0.25) is 0 Å². The van der Waals surface area contributed by atoms with Gasteiger partial charge in [0.15, 0.2) is 0 Å². The minimum atomic E-state index is -0.139. The third-order valence-corrected chi connectivity index (χ3v) is 6.46. The summed E-state index contributed by atoms with van der Waals surface area (Å²) in [7, 11) is 0. The zero-order valence-electron chi connectivity index (χ0n) is 25.1. The highest BCUT2D eigenvalue weighted by Gasteiger charge is 2.20. The highest BCUT2D eigenvalue weighted by Crippen LogP contribution is 2.35. The molecule has 0 bridgehead atoms. The van der Waals surface area contributed by atoms with E-state index in [1.807, 2.05) is 34.6 Å². The highest BCUT2D eigenvalue weighted by atomic mass is 16.1. The number of unbranched alkanes of at least 4 members (excludes halogenated alkanes) is 4. The monoisotopic (exact) mass is 491 g/mol. The number of carbonyl (C=O) groups excluding carboxylic acids is 1. The van der Waals surface area contributed by atoms with Crippen LogP contribution in [0.25, 0.3) is 0 Å². The number of allylic oxidation sites excluding steroid dienone is 6. The lowest BCUT2D eigenvalue weighted by Crippen LogP contribution is -2.04. The molecule has 1 fully saturated rings. The molecule has 0 aromatic carbocycles. The summed E-state index contributed by atoms with van der Waals surface area (Å²) in [4.78, 5) is 9.83. The maximum absolute atomic E-state index is 9.83. The summed E-state index contributed by atoms with van der Waals surface area (Å²) in [5.41, 5.74) is 4.73. The number of aldehydes is 1. The van der Waals surface area contributed by atoms with Crippen LogP contribution in [-0.2, 0) is 4.79 Å². The van der Waals surface area contributed by atoms with E-state index in [0.717, 1.165) is 18.1 Å². The fourth-order valence-electron chi connectivity index (χ4n) is 4.36. The van der Waals surface area contributed by atoms with Gasteiger partial charge in [0.25, 0.3) is 0 Å². The van der Waals surface area contributed by atoms with Crippen LogP contribution in [0.1, 0.15) is 160 Å². The molecule has 2 aliphatic rings. The molecule has 2 rings (SSSR count). The molecule has 1 nitrogen and oxygen atoms in total. The number of hydrogen-bond acceptors (Lipinski definition) is 1. The van der Waals surface area contributed by atoms with Gasteiger partial charge in [0.05, 0.1) is 0 Å². The van der Waals surface area contributed by atoms with Gasteiger partial charge in [-0.2, -0.15) is 0 Å². The summed E-state index contributed by atoms with van der Waals surface area (Å²) >= 11 is 0. The smallest absolute Gasteiger partial charge is 0.125 e. The molecule has 0 aromatic heterocycles. The molecule has 0 radical (unpaired) electrons. The van der Waals surface area contributed by atoms with Crippen molar-refractivity contribution in [3.05, 3.63) is 34.9 Å². The Bertz CT molecular complexity index is 560. The van der Waals surface area contributed by atoms with Gasteiger partial charge in [-0.25, -0.2) is 0 Å². The Morgan fingerprint density at radius 1 is 0.943 bits per heavy atom. The molecule has 1 unspecified atom stereocenters. The van der Waals surface area contributed by atoms with Crippen molar-refractivity contribution in [1.29, 1.82) is 0 Å². The molecule has 208 valence electrons. The zero-order valence-corrected chi connectivity index (χ0v) is 25.1. The maximum Gasteiger partial charge on any atom is 0.125 e. The molecule has 2 aliphatic carbocycles. The molecule has 1 heteroatoms. The van der Waals surface area contributed by atoms with E-state index in [-0.39, 0.29) is 12.8 Å². The lowest BCUT2D eigenvalue weighted by Gasteiger charge is -2.08. The lowest BCUT2D eigenvalue weighted by molar-refractivity contribution is -0.113. The molecule has 0 amide bonds. The number of carbonyl (C=O) groups is 1. The van der Waals surface area contributed by atoms with Crippen molar-refractivity contribution >= 4 is 6.29 Å². The van der Waals surface area contributed by atoms with Crippen LogP contribution in [0.5, 0.6) is 0 Å². The van der Waals surface area contributed by atoms with E-state index < -0.39 is 0 Å². The van der Waals surface area contributed by atoms with Gasteiger partial charge in [-0.05, 0) is 69.8 Å². The van der Waals surface area contributed by atoms with Gasteiger partial charge >= 0.3 is 0 Å². The largest absolute Gasteiger partial charge is 0.303 e. The van der Waals surface area contributed by atoms with Crippen molar-refractivity contribution in [2.45, 2.75) is 160 Å². The first-order valence-corrected chi connectivity index (χ1v) is 14.7. The van der Waals surface area contributed by atoms with Crippen LogP contribution < -0.4 is 0 Å². The molecule has 1 atom stereocenters. The van der Waals surface area contributed by atoms with E-state index in [1.54, 1.807) is 11.1 Å². The van der Waals surface area contributed by atoms with Crippen LogP contribution in [-0.4, -0.2) is 6.29 Å². The Morgan fingerprint density at radius 3 is 1.91 bits per heavy atom. The Balaban J connectivity index is -0.000000443. The molecule has 1 saturated carbocycles. The van der Waals surface area contributed by atoms with Crippen molar-refractivity contribution in [2.75, 3.05) is 0 Å². The van der Waals surface area contributed by atoms with Gasteiger partial charge < -0.3 is 4.79 Å². The van der Waals surface area contributed by atoms with Crippen molar-refractivity contribution in [3.63, 3.8) is 0 Å². The minimum Gasteiger partial charge on any atom is -0.303 e. The quantitative estimate of drug-likeness (QED) is 0.169. The zero-order chi connectivity index (χ0) is 26.4. The standard InChI is InChI=1S/C13H20.C13H26.C5H10O.C2H6.CH4/c1-2-5-11-8-9-13(10-11)12-6-3-4-7-12;1-5-7-8-9-10-11-13(6-2)12(3)4;1-5(2,3)4-6;1-2;/h8-12H,2-7H2,1H3;5-11H2,1-4H3;4H,1-3H3;1-2H3;1H4. The molecular weight excluding hydrogens is 424 g/mol.